The van der Waals surface area contributed by atoms with E-state index in [1.807, 2.05) is 27.0 Å². The van der Waals surface area contributed by atoms with E-state index in [4.69, 9.17) is 9.73 Å². The number of nitrogens with zero attached hydrogens (tertiary/aromatic N) is 5. The Morgan fingerprint density at radius 1 is 1.21 bits per heavy atom. The van der Waals surface area contributed by atoms with Gasteiger partial charge in [0.2, 0.25) is 5.91 Å². The Kier molecular flexibility index (Phi) is 6.83. The number of aryl methyl sites for hydroxylation is 1. The molecule has 1 fully saturated rings. The van der Waals surface area contributed by atoms with Gasteiger partial charge in [0, 0.05) is 63.3 Å². The first-order valence-electron chi connectivity index (χ1n) is 11.5. The van der Waals surface area contributed by atoms with Crippen molar-refractivity contribution in [3.63, 3.8) is 0 Å². The van der Waals surface area contributed by atoms with Crippen molar-refractivity contribution in [1.82, 2.24) is 19.3 Å². The highest BCUT2D eigenvalue weighted by atomic mass is 19.1. The number of anilines is 1. The number of hydrogen-bond acceptors (Lipinski definition) is 6. The van der Waals surface area contributed by atoms with Crippen LogP contribution in [0.1, 0.15) is 43.2 Å². The van der Waals surface area contributed by atoms with E-state index in [1.165, 1.54) is 17.6 Å². The zero-order valence-corrected chi connectivity index (χ0v) is 20.4. The summed E-state index contributed by atoms with van der Waals surface area (Å²) in [5, 5.41) is 3.33. The van der Waals surface area contributed by atoms with Crippen LogP contribution in [0, 0.1) is 12.7 Å². The first-order chi connectivity index (χ1) is 16.3. The van der Waals surface area contributed by atoms with Crippen molar-refractivity contribution in [2.24, 2.45) is 4.99 Å². The second-order valence-electron chi connectivity index (χ2n) is 8.50. The van der Waals surface area contributed by atoms with Gasteiger partial charge in [-0.1, -0.05) is 6.92 Å². The van der Waals surface area contributed by atoms with Gasteiger partial charge < -0.3 is 19.4 Å². The molecule has 0 unspecified atom stereocenters. The molecule has 3 aromatic rings. The fourth-order valence-electron chi connectivity index (χ4n) is 4.16. The minimum absolute atomic E-state index is 0.168. The van der Waals surface area contributed by atoms with E-state index in [2.05, 4.69) is 15.2 Å². The molecule has 34 heavy (non-hydrogen) atoms. The van der Waals surface area contributed by atoms with Crippen LogP contribution in [-0.2, 0) is 0 Å². The molecule has 180 valence electrons. The maximum atomic E-state index is 14.9. The molecule has 8 nitrogen and oxygen atoms in total. The number of ether oxygens (including phenoxy) is 1. The zero-order chi connectivity index (χ0) is 24.4. The Hall–Kier alpha value is -3.46. The van der Waals surface area contributed by atoms with Crippen molar-refractivity contribution < 1.29 is 13.9 Å². The molecule has 4 rings (SSSR count). The van der Waals surface area contributed by atoms with Crippen molar-refractivity contribution in [3.8, 4) is 5.75 Å². The Morgan fingerprint density at radius 2 is 1.94 bits per heavy atom. The van der Waals surface area contributed by atoms with Gasteiger partial charge in [-0.25, -0.2) is 14.4 Å². The lowest BCUT2D eigenvalue weighted by molar-refractivity contribution is 0.0931. The highest BCUT2D eigenvalue weighted by Crippen LogP contribution is 2.28. The van der Waals surface area contributed by atoms with Crippen LogP contribution in [0.3, 0.4) is 0 Å². The van der Waals surface area contributed by atoms with Gasteiger partial charge in [-0.2, -0.15) is 0 Å². The number of piperazine rings is 1. The van der Waals surface area contributed by atoms with Crippen molar-refractivity contribution in [2.75, 3.05) is 38.2 Å². The molecule has 0 aromatic carbocycles. The molecule has 3 aromatic heterocycles. The first-order valence-corrected chi connectivity index (χ1v) is 11.5. The third kappa shape index (κ3) is 4.61. The van der Waals surface area contributed by atoms with Gasteiger partial charge in [0.15, 0.2) is 11.5 Å². The van der Waals surface area contributed by atoms with E-state index in [0.717, 1.165) is 49.6 Å². The summed E-state index contributed by atoms with van der Waals surface area (Å²) < 4.78 is 23.8. The van der Waals surface area contributed by atoms with Gasteiger partial charge in [0.05, 0.1) is 24.2 Å². The van der Waals surface area contributed by atoms with Gasteiger partial charge in [-0.15, -0.1) is 0 Å². The highest BCUT2D eigenvalue weighted by Gasteiger charge is 2.18. The van der Waals surface area contributed by atoms with Gasteiger partial charge >= 0.3 is 0 Å². The zero-order valence-electron chi connectivity index (χ0n) is 20.4. The number of hydrogen-bond donors (Lipinski definition) is 1. The Labute approximate surface area is 198 Å². The molecular weight excluding hydrogens is 435 g/mol. The molecule has 1 aliphatic heterocycles. The maximum absolute atomic E-state index is 14.9. The van der Waals surface area contributed by atoms with Crippen LogP contribution in [0.5, 0.6) is 5.75 Å². The summed E-state index contributed by atoms with van der Waals surface area (Å²) in [6.07, 6.45) is 6.10. The van der Waals surface area contributed by atoms with Crippen LogP contribution in [0.15, 0.2) is 41.3 Å². The minimum Gasteiger partial charge on any atom is -0.494 e. The molecule has 0 bridgehead atoms. The predicted octanol–water partition coefficient (Wildman–Crippen LogP) is 3.40. The normalized spacial score (nSPS) is 15.6. The third-order valence-electron chi connectivity index (χ3n) is 6.09. The molecule has 0 spiro atoms. The van der Waals surface area contributed by atoms with Crippen molar-refractivity contribution in [1.29, 1.82) is 0 Å². The van der Waals surface area contributed by atoms with Gasteiger partial charge in [0.25, 0.3) is 0 Å². The van der Waals surface area contributed by atoms with Gasteiger partial charge in [0.1, 0.15) is 11.2 Å². The SMILES string of the molecule is CC/C(C)=C(/N=c1cc(OC)c(N2CCNCC2)cn1C(C)=O)c1cc(F)c2nc(C)cn2c1. The quantitative estimate of drug-likeness (QED) is 0.624. The molecule has 0 atom stereocenters. The van der Waals surface area contributed by atoms with Crippen molar-refractivity contribution in [3.05, 3.63) is 58.9 Å². The lowest BCUT2D eigenvalue weighted by atomic mass is 10.1. The summed E-state index contributed by atoms with van der Waals surface area (Å²) in [5.41, 5.74) is 4.47. The number of aromatic nitrogens is 3. The highest BCUT2D eigenvalue weighted by molar-refractivity contribution is 5.78. The number of nitrogens with one attached hydrogen (secondary N) is 1. The number of halogens is 1. The standard InChI is InChI=1S/C25H31FN6O2/c1-6-16(2)24(19-11-20(26)25-28-17(3)13-31(25)14-19)29-23-12-22(34-5)21(15-32(23)18(4)33)30-9-7-27-8-10-30/h11-15,27H,6-10H2,1-5H3/b24-16+,29-23?. The smallest absolute Gasteiger partial charge is 0.229 e. The number of pyridine rings is 2. The number of fused-ring (bicyclic) bond motifs is 1. The largest absolute Gasteiger partial charge is 0.494 e. The van der Waals surface area contributed by atoms with E-state index in [1.54, 1.807) is 30.0 Å². The summed E-state index contributed by atoms with van der Waals surface area (Å²) in [7, 11) is 1.61. The maximum Gasteiger partial charge on any atom is 0.229 e. The summed E-state index contributed by atoms with van der Waals surface area (Å²) in [5.74, 6) is 0.0463. The van der Waals surface area contributed by atoms with Crippen molar-refractivity contribution in [2.45, 2.75) is 34.1 Å². The fraction of sp³-hybridized carbons (Fsp3) is 0.400. The van der Waals surface area contributed by atoms with Crippen molar-refractivity contribution >= 4 is 22.9 Å². The Balaban J connectivity index is 1.92. The summed E-state index contributed by atoms with van der Waals surface area (Å²) in [6, 6.07) is 3.22. The lowest BCUT2D eigenvalue weighted by Gasteiger charge is -2.30. The monoisotopic (exact) mass is 466 g/mol. The van der Waals surface area contributed by atoms with E-state index in [-0.39, 0.29) is 11.6 Å². The summed E-state index contributed by atoms with van der Waals surface area (Å²) >= 11 is 0. The molecule has 1 aliphatic rings. The number of allylic oxidation sites excluding steroid dienone is 1. The first kappa shape index (κ1) is 23.7. The topological polar surface area (TPSA) is 76.2 Å². The second kappa shape index (κ2) is 9.80. The van der Waals surface area contributed by atoms with Crippen LogP contribution < -0.4 is 20.4 Å². The van der Waals surface area contributed by atoms with E-state index in [9.17, 15) is 9.18 Å². The number of rotatable bonds is 5. The van der Waals surface area contributed by atoms with Gasteiger partial charge in [-0.3, -0.25) is 9.36 Å². The minimum atomic E-state index is -0.423. The predicted molar refractivity (Wildman–Crippen MR) is 131 cm³/mol. The summed E-state index contributed by atoms with van der Waals surface area (Å²) in [6.45, 7) is 10.7. The molecule has 1 saturated heterocycles. The van der Waals surface area contributed by atoms with Crippen LogP contribution in [0.4, 0.5) is 10.1 Å². The molecule has 4 heterocycles. The molecule has 1 N–H and O–H groups in total. The van der Waals surface area contributed by atoms with E-state index < -0.39 is 5.82 Å². The molecule has 0 saturated carbocycles. The fourth-order valence-corrected chi connectivity index (χ4v) is 4.16. The van der Waals surface area contributed by atoms with Gasteiger partial charge in [-0.05, 0) is 31.9 Å². The number of carbonyl (C=O) groups is 1. The molecule has 0 aliphatic carbocycles. The average Bonchev–Trinajstić information content (AvgIpc) is 3.22. The lowest BCUT2D eigenvalue weighted by Crippen LogP contribution is -2.44. The number of imidazole rings is 1. The second-order valence-corrected chi connectivity index (χ2v) is 8.50. The van der Waals surface area contributed by atoms with E-state index in [0.29, 0.717) is 22.5 Å². The molecular formula is C25H31FN6O2. The Bertz CT molecular complexity index is 1330. The van der Waals surface area contributed by atoms with E-state index >= 15 is 0 Å². The molecule has 0 amide bonds. The number of carbonyl (C=O) groups excluding carboxylic acids is 1. The Morgan fingerprint density at radius 3 is 2.59 bits per heavy atom. The molecule has 0 radical (unpaired) electrons. The average molecular weight is 467 g/mol. The number of methoxy groups -OCH3 is 1. The van der Waals surface area contributed by atoms with Crippen LogP contribution in [0.2, 0.25) is 0 Å². The van der Waals surface area contributed by atoms with Crippen LogP contribution in [0.25, 0.3) is 11.3 Å². The third-order valence-corrected chi connectivity index (χ3v) is 6.09. The van der Waals surface area contributed by atoms with Crippen LogP contribution >= 0.6 is 0 Å². The summed E-state index contributed by atoms with van der Waals surface area (Å²) in [4.78, 5) is 23.9. The molecule has 9 heteroatoms. The van der Waals surface area contributed by atoms with Crippen LogP contribution in [-0.4, -0.2) is 53.1 Å².